The Morgan fingerprint density at radius 1 is 1.07 bits per heavy atom. The van der Waals surface area contributed by atoms with Gasteiger partial charge in [-0.2, -0.15) is 4.31 Å². The van der Waals surface area contributed by atoms with Crippen molar-refractivity contribution >= 4 is 21.6 Å². The van der Waals surface area contributed by atoms with Gasteiger partial charge in [0, 0.05) is 18.8 Å². The monoisotopic (exact) mass is 402 g/mol. The second-order valence-corrected chi connectivity index (χ2v) is 9.14. The van der Waals surface area contributed by atoms with Gasteiger partial charge in [0.1, 0.15) is 5.75 Å². The van der Waals surface area contributed by atoms with Gasteiger partial charge in [0.05, 0.1) is 4.90 Å². The fourth-order valence-electron chi connectivity index (χ4n) is 3.54. The molecule has 1 fully saturated rings. The van der Waals surface area contributed by atoms with Crippen LogP contribution in [0.25, 0.3) is 0 Å². The van der Waals surface area contributed by atoms with Crippen LogP contribution >= 0.6 is 0 Å². The molecule has 1 heterocycles. The number of hydrogen-bond donors (Lipinski definition) is 1. The standard InChI is InChI=1S/C21H26N2O4S/c1-15-11-16(2)21(17(3)12-15)27-14-20(24)22-18-7-6-8-19(13-18)28(25,26)23-9-4-5-10-23/h6-8,11-13H,4-5,9-10,14H2,1-3H3,(H,22,24). The third-order valence-corrected chi connectivity index (χ3v) is 6.67. The fraction of sp³-hybridized carbons (Fsp3) is 0.381. The number of carbonyl (C=O) groups is 1. The van der Waals surface area contributed by atoms with Crippen LogP contribution in [0.3, 0.4) is 0 Å². The fourth-order valence-corrected chi connectivity index (χ4v) is 5.10. The van der Waals surface area contributed by atoms with E-state index >= 15 is 0 Å². The van der Waals surface area contributed by atoms with Crippen molar-refractivity contribution in [1.82, 2.24) is 4.31 Å². The van der Waals surface area contributed by atoms with Crippen LogP contribution in [-0.4, -0.2) is 38.3 Å². The third kappa shape index (κ3) is 4.54. The lowest BCUT2D eigenvalue weighted by atomic mass is 10.1. The molecule has 0 aliphatic carbocycles. The van der Waals surface area contributed by atoms with Crippen molar-refractivity contribution in [3.8, 4) is 5.75 Å². The highest BCUT2D eigenvalue weighted by molar-refractivity contribution is 7.89. The first-order valence-corrected chi connectivity index (χ1v) is 10.8. The highest BCUT2D eigenvalue weighted by atomic mass is 32.2. The van der Waals surface area contributed by atoms with Crippen LogP contribution < -0.4 is 10.1 Å². The molecule has 3 rings (SSSR count). The molecule has 0 unspecified atom stereocenters. The summed E-state index contributed by atoms with van der Waals surface area (Å²) >= 11 is 0. The maximum Gasteiger partial charge on any atom is 0.262 e. The Morgan fingerprint density at radius 2 is 1.71 bits per heavy atom. The van der Waals surface area contributed by atoms with Crippen LogP contribution in [0.2, 0.25) is 0 Å². The lowest BCUT2D eigenvalue weighted by molar-refractivity contribution is -0.118. The first-order valence-electron chi connectivity index (χ1n) is 9.38. The number of aryl methyl sites for hydroxylation is 3. The van der Waals surface area contributed by atoms with E-state index in [1.165, 1.54) is 10.4 Å². The first-order chi connectivity index (χ1) is 13.3. The Kier molecular flexibility index (Phi) is 6.05. The quantitative estimate of drug-likeness (QED) is 0.803. The zero-order valence-electron chi connectivity index (χ0n) is 16.5. The number of hydrogen-bond acceptors (Lipinski definition) is 4. The summed E-state index contributed by atoms with van der Waals surface area (Å²) in [5, 5.41) is 2.72. The normalized spacial score (nSPS) is 14.8. The molecular formula is C21H26N2O4S. The van der Waals surface area contributed by atoms with Gasteiger partial charge in [-0.3, -0.25) is 4.79 Å². The molecule has 2 aromatic carbocycles. The van der Waals surface area contributed by atoms with E-state index in [0.717, 1.165) is 29.5 Å². The van der Waals surface area contributed by atoms with Crippen LogP contribution in [-0.2, 0) is 14.8 Å². The molecule has 0 aromatic heterocycles. The van der Waals surface area contributed by atoms with Crippen LogP contribution in [0.15, 0.2) is 41.3 Å². The Balaban J connectivity index is 1.66. The summed E-state index contributed by atoms with van der Waals surface area (Å²) in [4.78, 5) is 12.5. The smallest absolute Gasteiger partial charge is 0.262 e. The molecule has 0 saturated carbocycles. The molecule has 1 aliphatic rings. The summed E-state index contributed by atoms with van der Waals surface area (Å²) in [5.41, 5.74) is 3.53. The van der Waals surface area contributed by atoms with E-state index in [1.807, 2.05) is 32.9 Å². The van der Waals surface area contributed by atoms with Crippen LogP contribution in [0.1, 0.15) is 29.5 Å². The molecular weight excluding hydrogens is 376 g/mol. The Labute approximate surface area is 166 Å². The number of benzene rings is 2. The molecule has 28 heavy (non-hydrogen) atoms. The summed E-state index contributed by atoms with van der Waals surface area (Å²) in [6, 6.07) is 10.4. The minimum Gasteiger partial charge on any atom is -0.483 e. The van der Waals surface area contributed by atoms with E-state index in [-0.39, 0.29) is 17.4 Å². The number of nitrogens with zero attached hydrogens (tertiary/aromatic N) is 1. The molecule has 1 amide bonds. The summed E-state index contributed by atoms with van der Waals surface area (Å²) in [7, 11) is -3.52. The van der Waals surface area contributed by atoms with Crippen LogP contribution in [0.4, 0.5) is 5.69 Å². The molecule has 0 bridgehead atoms. The van der Waals surface area contributed by atoms with Crippen molar-refractivity contribution in [1.29, 1.82) is 0 Å². The molecule has 0 spiro atoms. The zero-order valence-corrected chi connectivity index (χ0v) is 17.3. The molecule has 1 aliphatic heterocycles. The van der Waals surface area contributed by atoms with Crippen molar-refractivity contribution in [2.24, 2.45) is 0 Å². The number of amides is 1. The zero-order chi connectivity index (χ0) is 20.3. The van der Waals surface area contributed by atoms with E-state index in [9.17, 15) is 13.2 Å². The predicted octanol–water partition coefficient (Wildman–Crippen LogP) is 3.41. The molecule has 6 nitrogen and oxygen atoms in total. The van der Waals surface area contributed by atoms with E-state index in [1.54, 1.807) is 18.2 Å². The number of nitrogens with one attached hydrogen (secondary N) is 1. The molecule has 1 N–H and O–H groups in total. The van der Waals surface area contributed by atoms with Gasteiger partial charge in [-0.1, -0.05) is 23.8 Å². The molecule has 2 aromatic rings. The average Bonchev–Trinajstić information content (AvgIpc) is 3.16. The predicted molar refractivity (Wildman–Crippen MR) is 109 cm³/mol. The summed E-state index contributed by atoms with van der Waals surface area (Å²) in [6.45, 7) is 6.84. The van der Waals surface area contributed by atoms with Gasteiger partial charge in [0.2, 0.25) is 10.0 Å². The summed E-state index contributed by atoms with van der Waals surface area (Å²) in [6.07, 6.45) is 1.76. The molecule has 150 valence electrons. The molecule has 0 atom stereocenters. The van der Waals surface area contributed by atoms with Crippen LogP contribution in [0.5, 0.6) is 5.75 Å². The highest BCUT2D eigenvalue weighted by Gasteiger charge is 2.27. The topological polar surface area (TPSA) is 75.7 Å². The second kappa shape index (κ2) is 8.32. The largest absolute Gasteiger partial charge is 0.483 e. The number of sulfonamides is 1. The maximum absolute atomic E-state index is 12.7. The van der Waals surface area contributed by atoms with Gasteiger partial charge >= 0.3 is 0 Å². The Morgan fingerprint density at radius 3 is 2.36 bits per heavy atom. The number of anilines is 1. The van der Waals surface area contributed by atoms with E-state index < -0.39 is 10.0 Å². The van der Waals surface area contributed by atoms with Gasteiger partial charge in [-0.25, -0.2) is 8.42 Å². The lowest BCUT2D eigenvalue weighted by Crippen LogP contribution is -2.28. The first kappa shape index (κ1) is 20.4. The van der Waals surface area contributed by atoms with Crippen molar-refractivity contribution in [2.45, 2.75) is 38.5 Å². The summed E-state index contributed by atoms with van der Waals surface area (Å²) < 4.78 is 32.5. The van der Waals surface area contributed by atoms with Crippen molar-refractivity contribution < 1.29 is 17.9 Å². The van der Waals surface area contributed by atoms with Crippen molar-refractivity contribution in [2.75, 3.05) is 25.0 Å². The van der Waals surface area contributed by atoms with E-state index in [4.69, 9.17) is 4.74 Å². The Bertz CT molecular complexity index is 957. The van der Waals surface area contributed by atoms with Gasteiger partial charge in [0.25, 0.3) is 5.91 Å². The van der Waals surface area contributed by atoms with Crippen molar-refractivity contribution in [3.63, 3.8) is 0 Å². The molecule has 7 heteroatoms. The van der Waals surface area contributed by atoms with Gasteiger partial charge in [-0.05, 0) is 62.9 Å². The molecule has 1 saturated heterocycles. The van der Waals surface area contributed by atoms with Gasteiger partial charge < -0.3 is 10.1 Å². The minimum atomic E-state index is -3.52. The minimum absolute atomic E-state index is 0.145. The second-order valence-electron chi connectivity index (χ2n) is 7.20. The Hall–Kier alpha value is -2.38. The summed E-state index contributed by atoms with van der Waals surface area (Å²) in [5.74, 6) is 0.362. The SMILES string of the molecule is Cc1cc(C)c(OCC(=O)Nc2cccc(S(=O)(=O)N3CCCC3)c2)c(C)c1. The average molecular weight is 403 g/mol. The number of carbonyl (C=O) groups excluding carboxylic acids is 1. The van der Waals surface area contributed by atoms with E-state index in [0.29, 0.717) is 24.5 Å². The highest BCUT2D eigenvalue weighted by Crippen LogP contribution is 2.25. The number of ether oxygens (including phenoxy) is 1. The lowest BCUT2D eigenvalue weighted by Gasteiger charge is -2.16. The maximum atomic E-state index is 12.7. The van der Waals surface area contributed by atoms with E-state index in [2.05, 4.69) is 5.32 Å². The van der Waals surface area contributed by atoms with Crippen molar-refractivity contribution in [3.05, 3.63) is 53.1 Å². The third-order valence-electron chi connectivity index (χ3n) is 4.77. The number of rotatable bonds is 6. The van der Waals surface area contributed by atoms with Gasteiger partial charge in [0.15, 0.2) is 6.61 Å². The van der Waals surface area contributed by atoms with Crippen LogP contribution in [0, 0.1) is 20.8 Å². The van der Waals surface area contributed by atoms with Gasteiger partial charge in [-0.15, -0.1) is 0 Å². The molecule has 0 radical (unpaired) electrons.